The van der Waals surface area contributed by atoms with Gasteiger partial charge in [0.05, 0.1) is 0 Å². The maximum Gasteiger partial charge on any atom is 0.136 e. The van der Waals surface area contributed by atoms with Crippen LogP contribution in [0.5, 0.6) is 0 Å². The topological polar surface area (TPSA) is 29.5 Å². The minimum absolute atomic E-state index is 0.332. The van der Waals surface area contributed by atoms with E-state index in [1.807, 2.05) is 0 Å². The van der Waals surface area contributed by atoms with Crippen LogP contribution in [0.4, 0.5) is 0 Å². The highest BCUT2D eigenvalue weighted by molar-refractivity contribution is 5.81. The third-order valence-electron chi connectivity index (χ3n) is 4.57. The summed E-state index contributed by atoms with van der Waals surface area (Å²) >= 11 is 0. The first-order chi connectivity index (χ1) is 8.22. The zero-order valence-electron chi connectivity index (χ0n) is 11.2. The molecule has 2 rings (SSSR count). The second-order valence-corrected chi connectivity index (χ2v) is 5.64. The molecule has 0 aromatic rings. The molecule has 0 aliphatic carbocycles. The van der Waals surface area contributed by atoms with Crippen molar-refractivity contribution in [2.45, 2.75) is 57.0 Å². The number of ether oxygens (including phenoxy) is 1. The summed E-state index contributed by atoms with van der Waals surface area (Å²) in [5, 5.41) is 0. The van der Waals surface area contributed by atoms with Gasteiger partial charge >= 0.3 is 0 Å². The van der Waals surface area contributed by atoms with Crippen molar-refractivity contribution in [2.24, 2.45) is 5.92 Å². The highest BCUT2D eigenvalue weighted by Gasteiger charge is 2.38. The molecular weight excluding hydrogens is 214 g/mol. The van der Waals surface area contributed by atoms with Crippen molar-refractivity contribution in [3.05, 3.63) is 0 Å². The van der Waals surface area contributed by atoms with E-state index in [4.69, 9.17) is 4.74 Å². The zero-order chi connectivity index (χ0) is 12.3. The van der Waals surface area contributed by atoms with Gasteiger partial charge in [0.1, 0.15) is 5.78 Å². The van der Waals surface area contributed by atoms with E-state index in [1.165, 1.54) is 19.3 Å². The molecule has 0 aromatic heterocycles. The van der Waals surface area contributed by atoms with Gasteiger partial charge in [-0.2, -0.15) is 0 Å². The molecule has 2 unspecified atom stereocenters. The van der Waals surface area contributed by atoms with Crippen LogP contribution in [0.3, 0.4) is 0 Å². The maximum atomic E-state index is 12.1. The molecule has 2 fully saturated rings. The lowest BCUT2D eigenvalue weighted by atomic mass is 9.76. The molecule has 3 heteroatoms. The first-order valence-corrected chi connectivity index (χ1v) is 6.96. The lowest BCUT2D eigenvalue weighted by molar-refractivity contribution is -0.126. The highest BCUT2D eigenvalue weighted by Crippen LogP contribution is 2.36. The minimum Gasteiger partial charge on any atom is -0.385 e. The Bertz CT molecular complexity index is 253. The van der Waals surface area contributed by atoms with Gasteiger partial charge in [-0.25, -0.2) is 0 Å². The number of methoxy groups -OCH3 is 1. The van der Waals surface area contributed by atoms with Crippen LogP contribution >= 0.6 is 0 Å². The number of carbonyl (C=O) groups excluding carboxylic acids is 1. The molecule has 0 amide bonds. The summed E-state index contributed by atoms with van der Waals surface area (Å²) in [7, 11) is 3.94. The van der Waals surface area contributed by atoms with Gasteiger partial charge in [-0.3, -0.25) is 4.79 Å². The van der Waals surface area contributed by atoms with Crippen LogP contribution in [0, 0.1) is 5.92 Å². The molecule has 3 nitrogen and oxygen atoms in total. The Balaban J connectivity index is 1.84. The van der Waals surface area contributed by atoms with Crippen LogP contribution in [-0.2, 0) is 9.53 Å². The van der Waals surface area contributed by atoms with E-state index in [1.54, 1.807) is 7.11 Å². The number of carbonyl (C=O) groups is 1. The van der Waals surface area contributed by atoms with Crippen LogP contribution in [0.15, 0.2) is 0 Å². The van der Waals surface area contributed by atoms with Crippen LogP contribution in [0.25, 0.3) is 0 Å². The first kappa shape index (κ1) is 13.0. The third-order valence-corrected chi connectivity index (χ3v) is 4.57. The molecular formula is C14H25NO2. The lowest BCUT2D eigenvalue weighted by Gasteiger charge is -2.46. The Labute approximate surface area is 105 Å². The molecule has 2 saturated heterocycles. The Kier molecular flexibility index (Phi) is 4.57. The molecule has 2 aliphatic heterocycles. The summed E-state index contributed by atoms with van der Waals surface area (Å²) in [6.07, 6.45) is 7.71. The molecule has 0 radical (unpaired) electrons. The van der Waals surface area contributed by atoms with Crippen molar-refractivity contribution in [1.82, 2.24) is 4.90 Å². The van der Waals surface area contributed by atoms with E-state index in [2.05, 4.69) is 11.9 Å². The monoisotopic (exact) mass is 239 g/mol. The van der Waals surface area contributed by atoms with E-state index in [0.29, 0.717) is 36.8 Å². The van der Waals surface area contributed by atoms with Gasteiger partial charge < -0.3 is 9.64 Å². The van der Waals surface area contributed by atoms with Gasteiger partial charge in [-0.1, -0.05) is 6.42 Å². The number of nitrogens with zero attached hydrogens (tertiary/aromatic N) is 1. The molecule has 98 valence electrons. The zero-order valence-corrected chi connectivity index (χ0v) is 11.2. The van der Waals surface area contributed by atoms with Crippen LogP contribution < -0.4 is 0 Å². The van der Waals surface area contributed by atoms with Crippen molar-refractivity contribution < 1.29 is 9.53 Å². The van der Waals surface area contributed by atoms with E-state index >= 15 is 0 Å². The summed E-state index contributed by atoms with van der Waals surface area (Å²) in [4.78, 5) is 14.7. The minimum atomic E-state index is 0.332. The summed E-state index contributed by atoms with van der Waals surface area (Å²) in [5.74, 6) is 0.811. The summed E-state index contributed by atoms with van der Waals surface area (Å²) in [6, 6.07) is 1.33. The van der Waals surface area contributed by atoms with Gasteiger partial charge in [-0.15, -0.1) is 0 Å². The molecule has 2 heterocycles. The SMILES string of the molecule is COCCCC(=O)C1CC2CCCC(C1)N2C. The molecule has 0 aromatic carbocycles. The Morgan fingerprint density at radius 1 is 1.29 bits per heavy atom. The van der Waals surface area contributed by atoms with Crippen LogP contribution in [0.1, 0.15) is 44.9 Å². The van der Waals surface area contributed by atoms with Gasteiger partial charge in [0.2, 0.25) is 0 Å². The number of ketones is 1. The van der Waals surface area contributed by atoms with E-state index in [9.17, 15) is 4.79 Å². The number of rotatable bonds is 5. The average molecular weight is 239 g/mol. The van der Waals surface area contributed by atoms with Crippen molar-refractivity contribution in [1.29, 1.82) is 0 Å². The second kappa shape index (κ2) is 5.96. The van der Waals surface area contributed by atoms with Crippen LogP contribution in [-0.4, -0.2) is 43.5 Å². The first-order valence-electron chi connectivity index (χ1n) is 6.96. The summed E-state index contributed by atoms with van der Waals surface area (Å²) < 4.78 is 5.01. The number of fused-ring (bicyclic) bond motifs is 2. The van der Waals surface area contributed by atoms with Gasteiger partial charge in [0.25, 0.3) is 0 Å². The number of piperidine rings is 2. The van der Waals surface area contributed by atoms with Gasteiger partial charge in [-0.05, 0) is 39.2 Å². The molecule has 2 atom stereocenters. The van der Waals surface area contributed by atoms with E-state index in [0.717, 1.165) is 19.3 Å². The van der Waals surface area contributed by atoms with Crippen LogP contribution in [0.2, 0.25) is 0 Å². The fourth-order valence-corrected chi connectivity index (χ4v) is 3.47. The highest BCUT2D eigenvalue weighted by atomic mass is 16.5. The van der Waals surface area contributed by atoms with E-state index < -0.39 is 0 Å². The standard InChI is InChI=1S/C14H25NO2/c1-15-12-5-3-6-13(15)10-11(9-12)14(16)7-4-8-17-2/h11-13H,3-10H2,1-2H3. The fourth-order valence-electron chi connectivity index (χ4n) is 3.47. The van der Waals surface area contributed by atoms with Crippen molar-refractivity contribution in [3.63, 3.8) is 0 Å². The molecule has 2 aliphatic rings. The average Bonchev–Trinajstić information content (AvgIpc) is 2.28. The fraction of sp³-hybridized carbons (Fsp3) is 0.929. The van der Waals surface area contributed by atoms with Gasteiger partial charge in [0, 0.05) is 38.1 Å². The molecule has 0 saturated carbocycles. The van der Waals surface area contributed by atoms with Crippen molar-refractivity contribution in [3.8, 4) is 0 Å². The summed E-state index contributed by atoms with van der Waals surface area (Å²) in [5.41, 5.74) is 0. The Morgan fingerprint density at radius 3 is 2.53 bits per heavy atom. The maximum absolute atomic E-state index is 12.1. The predicted molar refractivity (Wildman–Crippen MR) is 68.0 cm³/mol. The largest absolute Gasteiger partial charge is 0.385 e. The predicted octanol–water partition coefficient (Wildman–Crippen LogP) is 2.25. The number of Topliss-reactive ketones (excluding diaryl/α,β-unsaturated/α-hetero) is 1. The normalized spacial score (nSPS) is 33.6. The molecule has 2 bridgehead atoms. The summed E-state index contributed by atoms with van der Waals surface area (Å²) in [6.45, 7) is 0.714. The molecule has 0 N–H and O–H groups in total. The molecule has 17 heavy (non-hydrogen) atoms. The third kappa shape index (κ3) is 3.08. The smallest absolute Gasteiger partial charge is 0.136 e. The lowest BCUT2D eigenvalue weighted by Crippen LogP contribution is -2.51. The van der Waals surface area contributed by atoms with Gasteiger partial charge in [0.15, 0.2) is 0 Å². The Hall–Kier alpha value is -0.410. The Morgan fingerprint density at radius 2 is 1.94 bits per heavy atom. The van der Waals surface area contributed by atoms with E-state index in [-0.39, 0.29) is 0 Å². The second-order valence-electron chi connectivity index (χ2n) is 5.64. The molecule has 0 spiro atoms. The van der Waals surface area contributed by atoms with Crippen molar-refractivity contribution in [2.75, 3.05) is 20.8 Å². The quantitative estimate of drug-likeness (QED) is 0.689. The number of hydrogen-bond acceptors (Lipinski definition) is 3. The van der Waals surface area contributed by atoms with Crippen molar-refractivity contribution >= 4 is 5.78 Å². The number of hydrogen-bond donors (Lipinski definition) is 0.